The van der Waals surface area contributed by atoms with Gasteiger partial charge in [0.05, 0.1) is 12.8 Å². The third-order valence-electron chi connectivity index (χ3n) is 4.16. The number of amides is 1. The van der Waals surface area contributed by atoms with Gasteiger partial charge in [-0.1, -0.05) is 48.5 Å². The van der Waals surface area contributed by atoms with Crippen LogP contribution in [0.1, 0.15) is 34.7 Å². The number of carboxylic acid groups (broad SMARTS) is 2. The first-order chi connectivity index (χ1) is 13.9. The normalized spacial score (nSPS) is 12.4. The average Bonchev–Trinajstić information content (AvgIpc) is 2.72. The minimum Gasteiger partial charge on any atom is -0.481 e. The Balaban J connectivity index is 2.18. The Bertz CT molecular complexity index is 852. The number of hydrogen-bond donors (Lipinski definition) is 3. The van der Waals surface area contributed by atoms with E-state index in [9.17, 15) is 24.3 Å². The lowest BCUT2D eigenvalue weighted by Crippen LogP contribution is -2.40. The summed E-state index contributed by atoms with van der Waals surface area (Å²) >= 11 is 0. The third-order valence-corrected chi connectivity index (χ3v) is 4.16. The molecule has 2 aromatic carbocycles. The Morgan fingerprint density at radius 3 is 2.00 bits per heavy atom. The van der Waals surface area contributed by atoms with Crippen molar-refractivity contribution in [1.82, 2.24) is 5.32 Å². The first-order valence-corrected chi connectivity index (χ1v) is 8.90. The zero-order chi connectivity index (χ0) is 21.2. The van der Waals surface area contributed by atoms with Crippen LogP contribution in [-0.4, -0.2) is 46.7 Å². The van der Waals surface area contributed by atoms with Gasteiger partial charge in [-0.2, -0.15) is 0 Å². The number of esters is 1. The maximum atomic E-state index is 12.3. The fourth-order valence-corrected chi connectivity index (χ4v) is 2.71. The van der Waals surface area contributed by atoms with E-state index in [-0.39, 0.29) is 6.54 Å². The number of rotatable bonds is 10. The number of benzene rings is 2. The van der Waals surface area contributed by atoms with Gasteiger partial charge in [0.2, 0.25) is 6.10 Å². The highest BCUT2D eigenvalue weighted by atomic mass is 16.6. The summed E-state index contributed by atoms with van der Waals surface area (Å²) in [4.78, 5) is 46.7. The van der Waals surface area contributed by atoms with Crippen molar-refractivity contribution in [2.24, 2.45) is 0 Å². The van der Waals surface area contributed by atoms with E-state index in [0.717, 1.165) is 0 Å². The van der Waals surface area contributed by atoms with Crippen LogP contribution < -0.4 is 5.32 Å². The van der Waals surface area contributed by atoms with Crippen molar-refractivity contribution in [1.29, 1.82) is 0 Å². The highest BCUT2D eigenvalue weighted by molar-refractivity contribution is 5.94. The van der Waals surface area contributed by atoms with Crippen molar-refractivity contribution in [3.05, 3.63) is 71.8 Å². The Morgan fingerprint density at radius 1 is 0.862 bits per heavy atom. The summed E-state index contributed by atoms with van der Waals surface area (Å²) in [5.41, 5.74) is 0.962. The molecule has 2 aromatic rings. The number of hydrogen-bond acceptors (Lipinski definition) is 5. The van der Waals surface area contributed by atoms with E-state index in [4.69, 9.17) is 9.84 Å². The molecule has 0 bridgehead atoms. The molecular formula is C21H21NO7. The highest BCUT2D eigenvalue weighted by Gasteiger charge is 2.33. The van der Waals surface area contributed by atoms with Crippen molar-refractivity contribution < 1.29 is 34.1 Å². The molecule has 2 rings (SSSR count). The fraction of sp³-hybridized carbons (Fsp3) is 0.238. The molecule has 0 aliphatic carbocycles. The first kappa shape index (κ1) is 21.6. The van der Waals surface area contributed by atoms with Gasteiger partial charge < -0.3 is 20.3 Å². The number of aliphatic carboxylic acids is 2. The van der Waals surface area contributed by atoms with Crippen LogP contribution in [0, 0.1) is 0 Å². The summed E-state index contributed by atoms with van der Waals surface area (Å²) in [5, 5.41) is 21.0. The van der Waals surface area contributed by atoms with E-state index >= 15 is 0 Å². The maximum absolute atomic E-state index is 12.3. The molecule has 0 aliphatic rings. The van der Waals surface area contributed by atoms with E-state index in [0.29, 0.717) is 11.1 Å². The van der Waals surface area contributed by atoms with Gasteiger partial charge in [0, 0.05) is 18.0 Å². The highest BCUT2D eigenvalue weighted by Crippen LogP contribution is 2.23. The fourth-order valence-electron chi connectivity index (χ4n) is 2.71. The summed E-state index contributed by atoms with van der Waals surface area (Å²) in [6.07, 6.45) is -2.50. The van der Waals surface area contributed by atoms with Gasteiger partial charge in [-0.15, -0.1) is 0 Å². The lowest BCUT2D eigenvalue weighted by atomic mass is 9.92. The van der Waals surface area contributed by atoms with E-state index in [1.807, 2.05) is 0 Å². The summed E-state index contributed by atoms with van der Waals surface area (Å²) < 4.78 is 5.06. The number of nitrogens with one attached hydrogen (secondary N) is 1. The molecule has 0 saturated heterocycles. The Labute approximate surface area is 167 Å². The minimum atomic E-state index is -1.59. The van der Waals surface area contributed by atoms with Crippen LogP contribution in [0.3, 0.4) is 0 Å². The molecule has 29 heavy (non-hydrogen) atoms. The van der Waals surface area contributed by atoms with Gasteiger partial charge in [-0.3, -0.25) is 14.4 Å². The number of carboxylic acids is 2. The molecule has 2 unspecified atom stereocenters. The van der Waals surface area contributed by atoms with Crippen LogP contribution >= 0.6 is 0 Å². The van der Waals surface area contributed by atoms with Gasteiger partial charge in [0.25, 0.3) is 5.91 Å². The predicted octanol–water partition coefficient (Wildman–Crippen LogP) is 2.06. The second-order valence-electron chi connectivity index (χ2n) is 6.24. The Morgan fingerprint density at radius 2 is 1.45 bits per heavy atom. The van der Waals surface area contributed by atoms with Crippen molar-refractivity contribution >= 4 is 23.8 Å². The van der Waals surface area contributed by atoms with Crippen LogP contribution in [0.4, 0.5) is 0 Å². The van der Waals surface area contributed by atoms with Gasteiger partial charge in [0.15, 0.2) is 0 Å². The lowest BCUT2D eigenvalue weighted by Gasteiger charge is -2.25. The molecule has 8 heteroatoms. The SMILES string of the molecule is O=C(O)CCC(=O)OC(C(=O)O)C(CNC(=O)c1ccccc1)c1ccccc1. The smallest absolute Gasteiger partial charge is 0.345 e. The molecule has 0 aromatic heterocycles. The second-order valence-corrected chi connectivity index (χ2v) is 6.24. The minimum absolute atomic E-state index is 0.0963. The Kier molecular flexibility index (Phi) is 7.90. The predicted molar refractivity (Wildman–Crippen MR) is 102 cm³/mol. The van der Waals surface area contributed by atoms with Gasteiger partial charge >= 0.3 is 17.9 Å². The maximum Gasteiger partial charge on any atom is 0.345 e. The van der Waals surface area contributed by atoms with Crippen molar-refractivity contribution in [2.45, 2.75) is 24.9 Å². The number of carbonyl (C=O) groups is 4. The average molecular weight is 399 g/mol. The molecule has 0 aliphatic heterocycles. The van der Waals surface area contributed by atoms with E-state index in [1.165, 1.54) is 0 Å². The zero-order valence-corrected chi connectivity index (χ0v) is 15.5. The quantitative estimate of drug-likeness (QED) is 0.521. The summed E-state index contributed by atoms with van der Waals surface area (Å²) in [7, 11) is 0. The summed E-state index contributed by atoms with van der Waals surface area (Å²) in [5.74, 6) is -4.78. The van der Waals surface area contributed by atoms with E-state index in [1.54, 1.807) is 60.7 Å². The van der Waals surface area contributed by atoms with Crippen LogP contribution in [0.2, 0.25) is 0 Å². The molecule has 1 amide bonds. The third kappa shape index (κ3) is 6.76. The largest absolute Gasteiger partial charge is 0.481 e. The number of carbonyl (C=O) groups excluding carboxylic acids is 2. The van der Waals surface area contributed by atoms with Gasteiger partial charge in [0.1, 0.15) is 0 Å². The van der Waals surface area contributed by atoms with Crippen LogP contribution in [0.5, 0.6) is 0 Å². The lowest BCUT2D eigenvalue weighted by molar-refractivity contribution is -0.166. The molecule has 8 nitrogen and oxygen atoms in total. The van der Waals surface area contributed by atoms with Crippen LogP contribution in [-0.2, 0) is 19.1 Å². The van der Waals surface area contributed by atoms with E-state index in [2.05, 4.69) is 5.32 Å². The molecule has 3 N–H and O–H groups in total. The molecule has 0 fully saturated rings. The molecule has 2 atom stereocenters. The molecule has 152 valence electrons. The van der Waals surface area contributed by atoms with Gasteiger partial charge in [-0.05, 0) is 17.7 Å². The Hall–Kier alpha value is -3.68. The second kappa shape index (κ2) is 10.6. The number of ether oxygens (including phenoxy) is 1. The van der Waals surface area contributed by atoms with Crippen LogP contribution in [0.25, 0.3) is 0 Å². The topological polar surface area (TPSA) is 130 Å². The van der Waals surface area contributed by atoms with Crippen molar-refractivity contribution in [2.75, 3.05) is 6.54 Å². The van der Waals surface area contributed by atoms with Crippen LogP contribution in [0.15, 0.2) is 60.7 Å². The van der Waals surface area contributed by atoms with Crippen molar-refractivity contribution in [3.63, 3.8) is 0 Å². The standard InChI is InChI=1S/C21H21NO7/c23-17(24)11-12-18(25)29-19(21(27)28)16(14-7-3-1-4-8-14)13-22-20(26)15-9-5-2-6-10-15/h1-10,16,19H,11-13H2,(H,22,26)(H,23,24)(H,27,28). The molecule has 0 heterocycles. The van der Waals surface area contributed by atoms with E-state index < -0.39 is 48.7 Å². The monoisotopic (exact) mass is 399 g/mol. The molecule has 0 spiro atoms. The summed E-state index contributed by atoms with van der Waals surface area (Å²) in [6.45, 7) is -0.0963. The first-order valence-electron chi connectivity index (χ1n) is 8.90. The van der Waals surface area contributed by atoms with Crippen molar-refractivity contribution in [3.8, 4) is 0 Å². The molecule has 0 saturated carbocycles. The molecule has 0 radical (unpaired) electrons. The zero-order valence-electron chi connectivity index (χ0n) is 15.5. The summed E-state index contributed by atoms with van der Waals surface area (Å²) in [6, 6.07) is 16.9. The van der Waals surface area contributed by atoms with Gasteiger partial charge in [-0.25, -0.2) is 4.79 Å². The molecular weight excluding hydrogens is 378 g/mol.